The topological polar surface area (TPSA) is 149 Å². The average molecular weight is 444 g/mol. The number of aliphatic imine (C=N–C) groups is 1. The zero-order chi connectivity index (χ0) is 23.4. The third-order valence-electron chi connectivity index (χ3n) is 5.50. The molecule has 1 atom stereocenters. The van der Waals surface area contributed by atoms with E-state index in [0.717, 1.165) is 35.6 Å². The summed E-state index contributed by atoms with van der Waals surface area (Å²) in [6.45, 7) is 1.96. The smallest absolute Gasteiger partial charge is 0.411 e. The van der Waals surface area contributed by atoms with Crippen LogP contribution in [0.15, 0.2) is 47.5 Å². The molecule has 1 fully saturated rings. The number of hydrogen-bond donors (Lipinski definition) is 4. The van der Waals surface area contributed by atoms with Crippen molar-refractivity contribution < 1.29 is 14.3 Å². The van der Waals surface area contributed by atoms with Crippen LogP contribution < -0.4 is 15.8 Å². The molecule has 9 nitrogen and oxygen atoms in total. The number of amides is 1. The lowest BCUT2D eigenvalue weighted by atomic mass is 10.1. The van der Waals surface area contributed by atoms with E-state index < -0.39 is 6.09 Å². The number of nitrogens with one attached hydrogen (secondary N) is 3. The standard InChI is InChI=1S/C24H24N6O3/c1-14(15-2-3-15)33-24(31)29-17-6-4-16(5-7-17)23-20(11-25)19-9-8-18(10-21(19)30-23)32-12-22(27)28-13-26/h4-10,13-15,30H,2-3,12H2,1H3,(H,29,31)(H3,26,27,28). The second kappa shape index (κ2) is 9.44. The predicted octanol–water partition coefficient (Wildman–Crippen LogP) is 4.40. The van der Waals surface area contributed by atoms with Crippen molar-refractivity contribution in [2.75, 3.05) is 11.9 Å². The maximum atomic E-state index is 12.1. The van der Waals surface area contributed by atoms with Crippen LogP contribution in [0.2, 0.25) is 0 Å². The summed E-state index contributed by atoms with van der Waals surface area (Å²) in [6.07, 6.45) is 2.52. The Kier molecular flexibility index (Phi) is 6.26. The summed E-state index contributed by atoms with van der Waals surface area (Å²) in [5.74, 6) is 1.22. The molecule has 5 N–H and O–H groups in total. The number of H-pyrrole nitrogens is 1. The van der Waals surface area contributed by atoms with E-state index in [4.69, 9.17) is 20.6 Å². The number of amidine groups is 1. The number of aromatic amines is 1. The molecular formula is C24H24N6O3. The number of benzene rings is 2. The minimum absolute atomic E-state index is 0.0515. The van der Waals surface area contributed by atoms with E-state index in [2.05, 4.69) is 21.4 Å². The van der Waals surface area contributed by atoms with Crippen molar-refractivity contribution in [1.29, 1.82) is 10.7 Å². The molecule has 168 valence electrons. The Hall–Kier alpha value is -4.32. The molecule has 1 amide bonds. The fraction of sp³-hybridized carbons (Fsp3) is 0.250. The molecule has 1 saturated carbocycles. The Morgan fingerprint density at radius 1 is 1.36 bits per heavy atom. The quantitative estimate of drug-likeness (QED) is 0.300. The first-order valence-electron chi connectivity index (χ1n) is 10.6. The predicted molar refractivity (Wildman–Crippen MR) is 127 cm³/mol. The van der Waals surface area contributed by atoms with Gasteiger partial charge in [0.15, 0.2) is 0 Å². The normalized spacial score (nSPS) is 14.4. The summed E-state index contributed by atoms with van der Waals surface area (Å²) in [4.78, 5) is 19.0. The third-order valence-corrected chi connectivity index (χ3v) is 5.50. The molecule has 1 unspecified atom stereocenters. The largest absolute Gasteiger partial charge is 0.486 e. The van der Waals surface area contributed by atoms with Crippen LogP contribution in [0.1, 0.15) is 25.3 Å². The van der Waals surface area contributed by atoms with Crippen molar-refractivity contribution in [2.45, 2.75) is 25.9 Å². The number of nitrogens with zero attached hydrogens (tertiary/aromatic N) is 2. The minimum atomic E-state index is -0.468. The molecule has 4 rings (SSSR count). The molecule has 33 heavy (non-hydrogen) atoms. The Morgan fingerprint density at radius 3 is 2.79 bits per heavy atom. The lowest BCUT2D eigenvalue weighted by molar-refractivity contribution is 0.108. The number of anilines is 1. The van der Waals surface area contributed by atoms with Gasteiger partial charge in [0.05, 0.1) is 16.8 Å². The van der Waals surface area contributed by atoms with Gasteiger partial charge in [0.25, 0.3) is 0 Å². The molecule has 9 heteroatoms. The van der Waals surface area contributed by atoms with Crippen molar-refractivity contribution in [3.8, 4) is 23.1 Å². The highest BCUT2D eigenvalue weighted by atomic mass is 16.6. The summed E-state index contributed by atoms with van der Waals surface area (Å²) in [6, 6.07) is 14.8. The van der Waals surface area contributed by atoms with E-state index in [9.17, 15) is 10.1 Å². The molecule has 1 heterocycles. The summed E-state index contributed by atoms with van der Waals surface area (Å²) in [5.41, 5.74) is 8.98. The SMILES string of the molecule is CC(OC(=O)Nc1ccc(-c2[nH]c3cc(OCC(N)=NC=N)ccc3c2C#N)cc1)C1CC1. The van der Waals surface area contributed by atoms with Gasteiger partial charge in [-0.1, -0.05) is 12.1 Å². The van der Waals surface area contributed by atoms with Gasteiger partial charge < -0.3 is 20.2 Å². The molecule has 3 aromatic rings. The molecule has 0 bridgehead atoms. The van der Waals surface area contributed by atoms with Crippen LogP contribution in [0.25, 0.3) is 22.2 Å². The van der Waals surface area contributed by atoms with Crippen LogP contribution in [-0.2, 0) is 4.74 Å². The molecule has 0 radical (unpaired) electrons. The van der Waals surface area contributed by atoms with E-state index in [0.29, 0.717) is 28.6 Å². The van der Waals surface area contributed by atoms with E-state index in [1.54, 1.807) is 30.3 Å². The second-order valence-corrected chi connectivity index (χ2v) is 7.88. The summed E-state index contributed by atoms with van der Waals surface area (Å²) in [7, 11) is 0. The number of hydrogen-bond acceptors (Lipinski definition) is 5. The van der Waals surface area contributed by atoms with Gasteiger partial charge in [-0.2, -0.15) is 5.26 Å². The number of ether oxygens (including phenoxy) is 2. The van der Waals surface area contributed by atoms with Crippen LogP contribution in [0, 0.1) is 22.7 Å². The Labute approximate surface area is 190 Å². The molecule has 0 spiro atoms. The number of fused-ring (bicyclic) bond motifs is 1. The maximum absolute atomic E-state index is 12.1. The van der Waals surface area contributed by atoms with Gasteiger partial charge in [0.1, 0.15) is 36.7 Å². The highest BCUT2D eigenvalue weighted by Gasteiger charge is 2.30. The van der Waals surface area contributed by atoms with Crippen LogP contribution >= 0.6 is 0 Å². The first-order chi connectivity index (χ1) is 16.0. The average Bonchev–Trinajstić information content (AvgIpc) is 3.59. The van der Waals surface area contributed by atoms with Crippen LogP contribution in [0.5, 0.6) is 5.75 Å². The fourth-order valence-electron chi connectivity index (χ4n) is 3.57. The number of aromatic nitrogens is 1. The van der Waals surface area contributed by atoms with Crippen LogP contribution in [0.4, 0.5) is 10.5 Å². The first kappa shape index (κ1) is 21.9. The molecule has 0 saturated heterocycles. The van der Waals surface area contributed by atoms with Gasteiger partial charge >= 0.3 is 6.09 Å². The van der Waals surface area contributed by atoms with Crippen LogP contribution in [0.3, 0.4) is 0 Å². The zero-order valence-corrected chi connectivity index (χ0v) is 18.1. The zero-order valence-electron chi connectivity index (χ0n) is 18.1. The molecule has 1 aliphatic rings. The van der Waals surface area contributed by atoms with Crippen LogP contribution in [-0.4, -0.2) is 36.0 Å². The van der Waals surface area contributed by atoms with Gasteiger partial charge in [-0.15, -0.1) is 0 Å². The third kappa shape index (κ3) is 5.13. The highest BCUT2D eigenvalue weighted by Crippen LogP contribution is 2.34. The fourth-order valence-corrected chi connectivity index (χ4v) is 3.57. The number of carbonyl (C=O) groups excluding carboxylic acids is 1. The lowest BCUT2D eigenvalue weighted by Gasteiger charge is -2.13. The molecular weight excluding hydrogens is 420 g/mol. The number of carbonyl (C=O) groups is 1. The van der Waals surface area contributed by atoms with E-state index in [1.807, 2.05) is 19.1 Å². The Balaban J connectivity index is 1.50. The highest BCUT2D eigenvalue weighted by molar-refractivity contribution is 5.95. The Bertz CT molecular complexity index is 1250. The van der Waals surface area contributed by atoms with Gasteiger partial charge in [-0.25, -0.2) is 9.79 Å². The molecule has 1 aliphatic carbocycles. The molecule has 1 aromatic heterocycles. The monoisotopic (exact) mass is 444 g/mol. The lowest BCUT2D eigenvalue weighted by Crippen LogP contribution is -2.21. The summed E-state index contributed by atoms with van der Waals surface area (Å²) < 4.78 is 11.0. The maximum Gasteiger partial charge on any atom is 0.411 e. The van der Waals surface area contributed by atoms with Gasteiger partial charge in [-0.3, -0.25) is 10.7 Å². The van der Waals surface area contributed by atoms with Crippen molar-refractivity contribution in [1.82, 2.24) is 4.98 Å². The Morgan fingerprint density at radius 2 is 2.12 bits per heavy atom. The minimum Gasteiger partial charge on any atom is -0.486 e. The summed E-state index contributed by atoms with van der Waals surface area (Å²) >= 11 is 0. The number of nitriles is 1. The molecule has 2 aromatic carbocycles. The number of nitrogens with two attached hydrogens (primary N) is 1. The van der Waals surface area contributed by atoms with Crippen molar-refractivity contribution in [2.24, 2.45) is 16.6 Å². The van der Waals surface area contributed by atoms with Gasteiger partial charge in [0, 0.05) is 17.1 Å². The first-order valence-corrected chi connectivity index (χ1v) is 10.6. The summed E-state index contributed by atoms with van der Waals surface area (Å²) in [5, 5.41) is 20.2. The number of rotatable bonds is 8. The van der Waals surface area contributed by atoms with Crippen molar-refractivity contribution >= 4 is 34.9 Å². The van der Waals surface area contributed by atoms with Gasteiger partial charge in [-0.05, 0) is 55.5 Å². The molecule has 0 aliphatic heterocycles. The van der Waals surface area contributed by atoms with E-state index in [1.165, 1.54) is 0 Å². The van der Waals surface area contributed by atoms with Crippen molar-refractivity contribution in [3.63, 3.8) is 0 Å². The van der Waals surface area contributed by atoms with E-state index >= 15 is 0 Å². The van der Waals surface area contributed by atoms with Gasteiger partial charge in [0.2, 0.25) is 0 Å². The van der Waals surface area contributed by atoms with Crippen molar-refractivity contribution in [3.05, 3.63) is 48.0 Å². The second-order valence-electron chi connectivity index (χ2n) is 7.88. The van der Waals surface area contributed by atoms with E-state index in [-0.39, 0.29) is 18.5 Å².